The molecule has 0 aliphatic heterocycles. The van der Waals surface area contributed by atoms with Gasteiger partial charge in [-0.15, -0.1) is 0 Å². The molecule has 2 heteroatoms. The van der Waals surface area contributed by atoms with Crippen LogP contribution in [0.5, 0.6) is 0 Å². The Kier molecular flexibility index (Phi) is 7.45. The monoisotopic (exact) mass is 214 g/mol. The van der Waals surface area contributed by atoms with E-state index in [1.54, 1.807) is 0 Å². The van der Waals surface area contributed by atoms with E-state index in [4.69, 9.17) is 4.74 Å². The molecule has 0 bridgehead atoms. The fourth-order valence-corrected chi connectivity index (χ4v) is 2.29. The van der Waals surface area contributed by atoms with Gasteiger partial charge in [0.15, 0.2) is 0 Å². The van der Waals surface area contributed by atoms with E-state index in [0.717, 1.165) is 12.3 Å². The minimum Gasteiger partial charge on any atom is -0.469 e. The first kappa shape index (κ1) is 14.5. The van der Waals surface area contributed by atoms with E-state index in [-0.39, 0.29) is 11.9 Å². The molecule has 0 spiro atoms. The fourth-order valence-electron chi connectivity index (χ4n) is 2.29. The summed E-state index contributed by atoms with van der Waals surface area (Å²) in [6, 6.07) is 0. The van der Waals surface area contributed by atoms with Gasteiger partial charge in [-0.05, 0) is 24.7 Å². The molecule has 3 atom stereocenters. The van der Waals surface area contributed by atoms with Crippen molar-refractivity contribution >= 4 is 5.97 Å². The first-order chi connectivity index (χ1) is 7.01. The quantitative estimate of drug-likeness (QED) is 0.605. The van der Waals surface area contributed by atoms with Gasteiger partial charge < -0.3 is 4.74 Å². The van der Waals surface area contributed by atoms with Crippen LogP contribution in [-0.4, -0.2) is 13.1 Å². The highest BCUT2D eigenvalue weighted by Gasteiger charge is 2.17. The number of carbonyl (C=O) groups excluding carboxylic acids is 1. The third-order valence-electron chi connectivity index (χ3n) is 2.95. The summed E-state index contributed by atoms with van der Waals surface area (Å²) in [6.07, 6.45) is 4.70. The number of methoxy groups -OCH3 is 1. The molecule has 0 fully saturated rings. The fraction of sp³-hybridized carbons (Fsp3) is 0.923. The van der Waals surface area contributed by atoms with Crippen molar-refractivity contribution in [2.45, 2.75) is 53.4 Å². The smallest absolute Gasteiger partial charge is 0.308 e. The van der Waals surface area contributed by atoms with Gasteiger partial charge in [0.25, 0.3) is 0 Å². The Morgan fingerprint density at radius 3 is 2.20 bits per heavy atom. The van der Waals surface area contributed by atoms with E-state index in [1.165, 1.54) is 26.4 Å². The van der Waals surface area contributed by atoms with Gasteiger partial charge in [-0.2, -0.15) is 0 Å². The lowest BCUT2D eigenvalue weighted by Crippen LogP contribution is -2.16. The molecule has 0 aromatic rings. The molecule has 0 aliphatic rings. The van der Waals surface area contributed by atoms with Gasteiger partial charge in [-0.3, -0.25) is 4.79 Å². The van der Waals surface area contributed by atoms with Crippen LogP contribution in [0.2, 0.25) is 0 Å². The predicted octanol–water partition coefficient (Wildman–Crippen LogP) is 3.65. The Labute approximate surface area is 94.4 Å². The van der Waals surface area contributed by atoms with E-state index in [2.05, 4.69) is 20.8 Å². The van der Waals surface area contributed by atoms with Crippen molar-refractivity contribution in [3.05, 3.63) is 0 Å². The molecular formula is C13H26O2. The molecule has 0 heterocycles. The molecule has 0 amide bonds. The molecule has 0 N–H and O–H groups in total. The molecule has 0 unspecified atom stereocenters. The van der Waals surface area contributed by atoms with Crippen LogP contribution in [0.3, 0.4) is 0 Å². The largest absolute Gasteiger partial charge is 0.469 e. The number of rotatable bonds is 7. The van der Waals surface area contributed by atoms with E-state index in [0.29, 0.717) is 5.92 Å². The molecule has 0 aliphatic carbocycles. The van der Waals surface area contributed by atoms with Gasteiger partial charge in [0.05, 0.1) is 13.0 Å². The van der Waals surface area contributed by atoms with Crippen molar-refractivity contribution < 1.29 is 9.53 Å². The summed E-state index contributed by atoms with van der Waals surface area (Å²) in [4.78, 5) is 11.2. The summed E-state index contributed by atoms with van der Waals surface area (Å²) in [6.45, 7) is 8.69. The van der Waals surface area contributed by atoms with Crippen LogP contribution in [0.15, 0.2) is 0 Å². The van der Waals surface area contributed by atoms with E-state index in [9.17, 15) is 4.79 Å². The summed E-state index contributed by atoms with van der Waals surface area (Å²) in [5.74, 6) is 1.35. The summed E-state index contributed by atoms with van der Waals surface area (Å²) in [5.41, 5.74) is 0. The number of hydrogen-bond donors (Lipinski definition) is 0. The Bertz CT molecular complexity index is 177. The highest BCUT2D eigenvalue weighted by atomic mass is 16.5. The van der Waals surface area contributed by atoms with Crippen molar-refractivity contribution in [1.29, 1.82) is 0 Å². The number of esters is 1. The van der Waals surface area contributed by atoms with Crippen LogP contribution >= 0.6 is 0 Å². The number of carbonyl (C=O) groups is 1. The normalized spacial score (nSPS) is 16.9. The van der Waals surface area contributed by atoms with Crippen LogP contribution in [0.25, 0.3) is 0 Å². The van der Waals surface area contributed by atoms with Gasteiger partial charge in [0.1, 0.15) is 0 Å². The van der Waals surface area contributed by atoms with Gasteiger partial charge in [-0.1, -0.05) is 40.5 Å². The van der Waals surface area contributed by atoms with Crippen LogP contribution in [0, 0.1) is 17.8 Å². The predicted molar refractivity (Wildman–Crippen MR) is 63.7 cm³/mol. The van der Waals surface area contributed by atoms with E-state index in [1.807, 2.05) is 6.92 Å². The third kappa shape index (κ3) is 6.53. The van der Waals surface area contributed by atoms with Crippen LogP contribution in [-0.2, 0) is 9.53 Å². The zero-order valence-electron chi connectivity index (χ0n) is 10.9. The highest BCUT2D eigenvalue weighted by molar-refractivity contribution is 5.71. The highest BCUT2D eigenvalue weighted by Crippen LogP contribution is 2.22. The van der Waals surface area contributed by atoms with E-state index >= 15 is 0 Å². The lowest BCUT2D eigenvalue weighted by atomic mass is 9.88. The zero-order chi connectivity index (χ0) is 11.8. The molecule has 0 radical (unpaired) electrons. The SMILES string of the molecule is CCC[C@@H](C)C[C@@H](C)C[C@H](C)C(=O)OC. The molecule has 90 valence electrons. The van der Waals surface area contributed by atoms with Crippen LogP contribution in [0.1, 0.15) is 53.4 Å². The van der Waals surface area contributed by atoms with Crippen LogP contribution in [0.4, 0.5) is 0 Å². The first-order valence-electron chi connectivity index (χ1n) is 6.09. The second-order valence-electron chi connectivity index (χ2n) is 4.89. The second kappa shape index (κ2) is 7.72. The summed E-state index contributed by atoms with van der Waals surface area (Å²) < 4.78 is 4.73. The van der Waals surface area contributed by atoms with Gasteiger partial charge >= 0.3 is 5.97 Å². The Hall–Kier alpha value is -0.530. The molecule has 0 saturated heterocycles. The van der Waals surface area contributed by atoms with Crippen molar-refractivity contribution in [3.8, 4) is 0 Å². The van der Waals surface area contributed by atoms with Crippen molar-refractivity contribution in [1.82, 2.24) is 0 Å². The minimum absolute atomic E-state index is 0.0406. The average molecular weight is 214 g/mol. The van der Waals surface area contributed by atoms with Gasteiger partial charge in [0, 0.05) is 0 Å². The molecule has 0 saturated carbocycles. The number of ether oxygens (including phenoxy) is 1. The second-order valence-corrected chi connectivity index (χ2v) is 4.89. The lowest BCUT2D eigenvalue weighted by Gasteiger charge is -2.19. The standard InChI is InChI=1S/C13H26O2/c1-6-7-10(2)8-11(3)9-12(4)13(14)15-5/h10-12H,6-9H2,1-5H3/t10-,11-,12+/m1/s1. The summed E-state index contributed by atoms with van der Waals surface area (Å²) in [7, 11) is 1.46. The molecule has 15 heavy (non-hydrogen) atoms. The minimum atomic E-state index is -0.0787. The third-order valence-corrected chi connectivity index (χ3v) is 2.95. The molecule has 0 aromatic carbocycles. The maximum Gasteiger partial charge on any atom is 0.308 e. The molecule has 0 aromatic heterocycles. The lowest BCUT2D eigenvalue weighted by molar-refractivity contribution is -0.145. The maximum atomic E-state index is 11.2. The van der Waals surface area contributed by atoms with Crippen molar-refractivity contribution in [2.24, 2.45) is 17.8 Å². The Morgan fingerprint density at radius 1 is 1.13 bits per heavy atom. The molecular weight excluding hydrogens is 188 g/mol. The van der Waals surface area contributed by atoms with Crippen molar-refractivity contribution in [3.63, 3.8) is 0 Å². The summed E-state index contributed by atoms with van der Waals surface area (Å²) >= 11 is 0. The van der Waals surface area contributed by atoms with Gasteiger partial charge in [-0.25, -0.2) is 0 Å². The van der Waals surface area contributed by atoms with Crippen molar-refractivity contribution in [2.75, 3.05) is 7.11 Å². The zero-order valence-corrected chi connectivity index (χ0v) is 10.9. The number of hydrogen-bond acceptors (Lipinski definition) is 2. The molecule has 0 rings (SSSR count). The first-order valence-corrected chi connectivity index (χ1v) is 6.09. The Balaban J connectivity index is 3.81. The Morgan fingerprint density at radius 2 is 1.73 bits per heavy atom. The van der Waals surface area contributed by atoms with Crippen LogP contribution < -0.4 is 0 Å². The van der Waals surface area contributed by atoms with E-state index < -0.39 is 0 Å². The summed E-state index contributed by atoms with van der Waals surface area (Å²) in [5, 5.41) is 0. The maximum absolute atomic E-state index is 11.2. The van der Waals surface area contributed by atoms with Gasteiger partial charge in [0.2, 0.25) is 0 Å². The topological polar surface area (TPSA) is 26.3 Å². The molecule has 2 nitrogen and oxygen atoms in total. The average Bonchev–Trinajstić information content (AvgIpc) is 2.16.